The second-order valence-electron chi connectivity index (χ2n) is 4.13. The Bertz CT molecular complexity index is 566. The molecule has 0 radical (unpaired) electrons. The van der Waals surface area contributed by atoms with Crippen molar-refractivity contribution < 1.29 is 9.84 Å². The van der Waals surface area contributed by atoms with Crippen LogP contribution in [0.25, 0.3) is 0 Å². The van der Waals surface area contributed by atoms with Crippen LogP contribution < -0.4 is 4.74 Å². The maximum absolute atomic E-state index is 10.5. The summed E-state index contributed by atoms with van der Waals surface area (Å²) in [6.45, 7) is 1.97. The van der Waals surface area contributed by atoms with E-state index in [0.717, 1.165) is 15.6 Å². The molecular formula is C13H15BrN2O2. The summed E-state index contributed by atoms with van der Waals surface area (Å²) in [5.74, 6) is 0.587. The van der Waals surface area contributed by atoms with Crippen LogP contribution in [0, 0.1) is 6.92 Å². The van der Waals surface area contributed by atoms with Gasteiger partial charge in [-0.1, -0.05) is 22.0 Å². The number of aliphatic hydroxyl groups is 1. The molecule has 0 saturated carbocycles. The van der Waals surface area contributed by atoms with Gasteiger partial charge in [-0.3, -0.25) is 4.68 Å². The molecule has 1 unspecified atom stereocenters. The molecular weight excluding hydrogens is 296 g/mol. The van der Waals surface area contributed by atoms with Crippen molar-refractivity contribution in [1.82, 2.24) is 9.78 Å². The first kappa shape index (κ1) is 13.1. The number of benzene rings is 1. The fraction of sp³-hybridized carbons (Fsp3) is 0.308. The summed E-state index contributed by atoms with van der Waals surface area (Å²) in [5.41, 5.74) is 2.51. The first-order valence-corrected chi connectivity index (χ1v) is 6.34. The van der Waals surface area contributed by atoms with E-state index in [4.69, 9.17) is 4.74 Å². The van der Waals surface area contributed by atoms with Crippen molar-refractivity contribution in [3.8, 4) is 5.75 Å². The molecule has 1 atom stereocenters. The summed E-state index contributed by atoms with van der Waals surface area (Å²) in [6.07, 6.45) is 0.844. The Hall–Kier alpha value is -1.33. The van der Waals surface area contributed by atoms with E-state index >= 15 is 0 Å². The van der Waals surface area contributed by atoms with Crippen LogP contribution in [0.4, 0.5) is 0 Å². The number of ether oxygens (including phenoxy) is 1. The normalized spacial score (nSPS) is 12.5. The number of rotatable bonds is 3. The van der Waals surface area contributed by atoms with Crippen LogP contribution >= 0.6 is 15.9 Å². The lowest BCUT2D eigenvalue weighted by Gasteiger charge is -2.16. The van der Waals surface area contributed by atoms with Gasteiger partial charge >= 0.3 is 0 Å². The van der Waals surface area contributed by atoms with Gasteiger partial charge in [0.2, 0.25) is 0 Å². The predicted octanol–water partition coefficient (Wildman–Crippen LogP) is 2.58. The summed E-state index contributed by atoms with van der Waals surface area (Å²) >= 11 is 3.42. The van der Waals surface area contributed by atoms with Crippen LogP contribution in [-0.4, -0.2) is 22.0 Å². The van der Waals surface area contributed by atoms with Crippen molar-refractivity contribution in [3.63, 3.8) is 0 Å². The Balaban J connectivity index is 2.50. The molecule has 0 bridgehead atoms. The van der Waals surface area contributed by atoms with E-state index < -0.39 is 6.10 Å². The van der Waals surface area contributed by atoms with E-state index in [1.165, 1.54) is 0 Å². The van der Waals surface area contributed by atoms with Gasteiger partial charge in [-0.15, -0.1) is 0 Å². The monoisotopic (exact) mass is 310 g/mol. The van der Waals surface area contributed by atoms with E-state index in [2.05, 4.69) is 21.0 Å². The molecule has 5 heteroatoms. The molecule has 0 fully saturated rings. The number of nitrogens with zero attached hydrogens (tertiary/aromatic N) is 2. The third-order valence-electron chi connectivity index (χ3n) is 2.96. The average Bonchev–Trinajstić information content (AvgIpc) is 2.72. The molecule has 0 amide bonds. The zero-order chi connectivity index (χ0) is 13.3. The van der Waals surface area contributed by atoms with Crippen molar-refractivity contribution in [3.05, 3.63) is 45.7 Å². The molecule has 0 saturated heterocycles. The third-order valence-corrected chi connectivity index (χ3v) is 3.46. The average molecular weight is 311 g/mol. The number of hydrogen-bond donors (Lipinski definition) is 1. The van der Waals surface area contributed by atoms with Gasteiger partial charge in [0.1, 0.15) is 11.8 Å². The number of hydrogen-bond acceptors (Lipinski definition) is 3. The van der Waals surface area contributed by atoms with Crippen LogP contribution in [0.1, 0.15) is 22.9 Å². The topological polar surface area (TPSA) is 47.3 Å². The smallest absolute Gasteiger partial charge is 0.162 e. The fourth-order valence-electron chi connectivity index (χ4n) is 1.95. The standard InChI is InChI=1S/C13H15BrN2O2/c1-8-4-5-9(14)6-10(8)13(17)12-11(18-3)7-15-16(12)2/h4-7,13,17H,1-3H3. The molecule has 1 aromatic carbocycles. The minimum absolute atomic E-state index is 0.587. The highest BCUT2D eigenvalue weighted by Crippen LogP contribution is 2.32. The Kier molecular flexibility index (Phi) is 3.73. The lowest BCUT2D eigenvalue weighted by atomic mass is 10.0. The summed E-state index contributed by atoms with van der Waals surface area (Å²) in [7, 11) is 3.36. The molecule has 1 N–H and O–H groups in total. The number of aliphatic hydroxyl groups excluding tert-OH is 1. The first-order chi connectivity index (χ1) is 8.54. The second-order valence-corrected chi connectivity index (χ2v) is 5.04. The van der Waals surface area contributed by atoms with E-state index in [9.17, 15) is 5.11 Å². The summed E-state index contributed by atoms with van der Waals surface area (Å²) < 4.78 is 7.79. The van der Waals surface area contributed by atoms with E-state index in [1.54, 1.807) is 25.0 Å². The molecule has 0 spiro atoms. The molecule has 0 aliphatic carbocycles. The van der Waals surface area contributed by atoms with E-state index in [0.29, 0.717) is 11.4 Å². The number of methoxy groups -OCH3 is 1. The predicted molar refractivity (Wildman–Crippen MR) is 72.7 cm³/mol. The van der Waals surface area contributed by atoms with Crippen LogP contribution in [-0.2, 0) is 7.05 Å². The maximum Gasteiger partial charge on any atom is 0.162 e. The van der Waals surface area contributed by atoms with Crippen LogP contribution in [0.5, 0.6) is 5.75 Å². The Morgan fingerprint density at radius 1 is 1.44 bits per heavy atom. The second kappa shape index (κ2) is 5.12. The maximum atomic E-state index is 10.5. The Morgan fingerprint density at radius 3 is 2.83 bits per heavy atom. The van der Waals surface area contributed by atoms with Crippen molar-refractivity contribution in [1.29, 1.82) is 0 Å². The minimum Gasteiger partial charge on any atom is -0.493 e. The highest BCUT2D eigenvalue weighted by molar-refractivity contribution is 9.10. The SMILES string of the molecule is COc1cnn(C)c1C(O)c1cc(Br)ccc1C. The molecule has 2 aromatic rings. The minimum atomic E-state index is -0.759. The van der Waals surface area contributed by atoms with Crippen molar-refractivity contribution in [2.75, 3.05) is 7.11 Å². The van der Waals surface area contributed by atoms with Gasteiger partial charge < -0.3 is 9.84 Å². The van der Waals surface area contributed by atoms with Crippen LogP contribution in [0.2, 0.25) is 0 Å². The van der Waals surface area contributed by atoms with E-state index in [-0.39, 0.29) is 0 Å². The summed E-state index contributed by atoms with van der Waals surface area (Å²) in [6, 6.07) is 5.82. The zero-order valence-corrected chi connectivity index (χ0v) is 12.1. The summed E-state index contributed by atoms with van der Waals surface area (Å²) in [5, 5.41) is 14.6. The van der Waals surface area contributed by atoms with Gasteiger partial charge in [-0.2, -0.15) is 5.10 Å². The van der Waals surface area contributed by atoms with Crippen molar-refractivity contribution >= 4 is 15.9 Å². The first-order valence-electron chi connectivity index (χ1n) is 5.54. The molecule has 1 aromatic heterocycles. The molecule has 96 valence electrons. The van der Waals surface area contributed by atoms with Gasteiger partial charge in [-0.05, 0) is 30.2 Å². The van der Waals surface area contributed by atoms with Gasteiger partial charge in [-0.25, -0.2) is 0 Å². The van der Waals surface area contributed by atoms with Gasteiger partial charge in [0.15, 0.2) is 5.75 Å². The largest absolute Gasteiger partial charge is 0.493 e. The number of halogens is 1. The van der Waals surface area contributed by atoms with Gasteiger partial charge in [0.05, 0.1) is 13.3 Å². The highest BCUT2D eigenvalue weighted by Gasteiger charge is 2.21. The molecule has 18 heavy (non-hydrogen) atoms. The molecule has 1 heterocycles. The highest BCUT2D eigenvalue weighted by atomic mass is 79.9. The lowest BCUT2D eigenvalue weighted by molar-refractivity contribution is 0.203. The quantitative estimate of drug-likeness (QED) is 0.948. The van der Waals surface area contributed by atoms with Crippen molar-refractivity contribution in [2.45, 2.75) is 13.0 Å². The molecule has 4 nitrogen and oxygen atoms in total. The molecule has 0 aliphatic rings. The molecule has 0 aliphatic heterocycles. The van der Waals surface area contributed by atoms with Gasteiger partial charge in [0.25, 0.3) is 0 Å². The third kappa shape index (κ3) is 2.28. The lowest BCUT2D eigenvalue weighted by Crippen LogP contribution is -2.09. The molecule has 2 rings (SSSR count). The van der Waals surface area contributed by atoms with Gasteiger partial charge in [0, 0.05) is 11.5 Å². The number of aromatic nitrogens is 2. The number of aryl methyl sites for hydroxylation is 2. The Labute approximate surface area is 114 Å². The summed E-state index contributed by atoms with van der Waals surface area (Å²) in [4.78, 5) is 0. The van der Waals surface area contributed by atoms with Crippen LogP contribution in [0.15, 0.2) is 28.9 Å². The van der Waals surface area contributed by atoms with E-state index in [1.807, 2.05) is 25.1 Å². The zero-order valence-electron chi connectivity index (χ0n) is 10.5. The van der Waals surface area contributed by atoms with Crippen molar-refractivity contribution in [2.24, 2.45) is 7.05 Å². The Morgan fingerprint density at radius 2 is 2.17 bits per heavy atom. The van der Waals surface area contributed by atoms with Crippen LogP contribution in [0.3, 0.4) is 0 Å². The fourth-order valence-corrected chi connectivity index (χ4v) is 2.33.